The van der Waals surface area contributed by atoms with Crippen molar-refractivity contribution in [3.8, 4) is 11.4 Å². The number of hydrogen-bond acceptors (Lipinski definition) is 3. The van der Waals surface area contributed by atoms with Gasteiger partial charge in [0, 0.05) is 29.9 Å². The summed E-state index contributed by atoms with van der Waals surface area (Å²) in [6.45, 7) is 0.822. The molecule has 0 atom stereocenters. The summed E-state index contributed by atoms with van der Waals surface area (Å²) in [7, 11) is 0. The third-order valence-electron chi connectivity index (χ3n) is 3.27. The van der Waals surface area contributed by atoms with Gasteiger partial charge in [-0.25, -0.2) is 9.97 Å². The Labute approximate surface area is 119 Å². The standard InChI is InChI=1S/C15H12N4S/c1-2-13-14(7-11(1)8-19-5-4-16-10-19)18-15(17-13)12-3-6-20-9-12/h1-7,9-10H,8H2,(H,17,18). The predicted octanol–water partition coefficient (Wildman–Crippen LogP) is 3.54. The van der Waals surface area contributed by atoms with E-state index in [0.717, 1.165) is 29.0 Å². The highest BCUT2D eigenvalue weighted by Gasteiger charge is 2.06. The fourth-order valence-electron chi connectivity index (χ4n) is 2.28. The lowest BCUT2D eigenvalue weighted by Gasteiger charge is -2.01. The van der Waals surface area contributed by atoms with Gasteiger partial charge in [-0.15, -0.1) is 0 Å². The highest BCUT2D eigenvalue weighted by molar-refractivity contribution is 7.08. The molecule has 3 aromatic heterocycles. The topological polar surface area (TPSA) is 46.5 Å². The Kier molecular flexibility index (Phi) is 2.63. The zero-order valence-corrected chi connectivity index (χ0v) is 11.5. The maximum atomic E-state index is 4.63. The summed E-state index contributed by atoms with van der Waals surface area (Å²) >= 11 is 1.68. The number of hydrogen-bond donors (Lipinski definition) is 1. The number of benzene rings is 1. The Morgan fingerprint density at radius 1 is 1.25 bits per heavy atom. The predicted molar refractivity (Wildman–Crippen MR) is 80.7 cm³/mol. The molecular weight excluding hydrogens is 268 g/mol. The first kappa shape index (κ1) is 11.4. The summed E-state index contributed by atoms with van der Waals surface area (Å²) < 4.78 is 2.05. The molecule has 0 aliphatic rings. The van der Waals surface area contributed by atoms with Crippen LogP contribution in [0.25, 0.3) is 22.4 Å². The van der Waals surface area contributed by atoms with Gasteiger partial charge in [0.05, 0.1) is 17.4 Å². The van der Waals surface area contributed by atoms with E-state index in [0.29, 0.717) is 0 Å². The van der Waals surface area contributed by atoms with Crippen LogP contribution in [0.4, 0.5) is 0 Å². The molecule has 4 aromatic rings. The molecule has 4 rings (SSSR count). The number of nitrogens with zero attached hydrogens (tertiary/aromatic N) is 3. The first-order chi connectivity index (χ1) is 9.88. The molecule has 0 unspecified atom stereocenters. The van der Waals surface area contributed by atoms with E-state index in [1.54, 1.807) is 17.5 Å². The number of H-pyrrole nitrogens is 1. The third-order valence-corrected chi connectivity index (χ3v) is 3.95. The maximum Gasteiger partial charge on any atom is 0.139 e. The van der Waals surface area contributed by atoms with Gasteiger partial charge in [-0.2, -0.15) is 11.3 Å². The number of imidazole rings is 2. The molecule has 0 radical (unpaired) electrons. The lowest BCUT2D eigenvalue weighted by atomic mass is 10.2. The lowest BCUT2D eigenvalue weighted by molar-refractivity contribution is 0.798. The molecule has 0 aliphatic heterocycles. The van der Waals surface area contributed by atoms with Crippen molar-refractivity contribution < 1.29 is 0 Å². The molecule has 0 fully saturated rings. The van der Waals surface area contributed by atoms with Gasteiger partial charge in [0.1, 0.15) is 5.82 Å². The second-order valence-corrected chi connectivity index (χ2v) is 5.46. The van der Waals surface area contributed by atoms with Crippen LogP contribution in [0.5, 0.6) is 0 Å². The van der Waals surface area contributed by atoms with E-state index in [1.807, 2.05) is 12.5 Å². The summed E-state index contributed by atoms with van der Waals surface area (Å²) in [5.74, 6) is 0.932. The minimum absolute atomic E-state index is 0.822. The van der Waals surface area contributed by atoms with Gasteiger partial charge in [-0.05, 0) is 29.1 Å². The maximum absolute atomic E-state index is 4.63. The highest BCUT2D eigenvalue weighted by atomic mass is 32.1. The second-order valence-electron chi connectivity index (χ2n) is 4.68. The van der Waals surface area contributed by atoms with Crippen molar-refractivity contribution >= 4 is 22.4 Å². The molecule has 20 heavy (non-hydrogen) atoms. The van der Waals surface area contributed by atoms with Gasteiger partial charge in [-0.1, -0.05) is 6.07 Å². The van der Waals surface area contributed by atoms with Gasteiger partial charge < -0.3 is 9.55 Å². The Morgan fingerprint density at radius 3 is 3.05 bits per heavy atom. The van der Waals surface area contributed by atoms with E-state index in [1.165, 1.54) is 5.56 Å². The zero-order valence-electron chi connectivity index (χ0n) is 10.7. The van der Waals surface area contributed by atoms with E-state index < -0.39 is 0 Å². The monoisotopic (exact) mass is 280 g/mol. The molecular formula is C15H12N4S. The fraction of sp³-hybridized carbons (Fsp3) is 0.0667. The van der Waals surface area contributed by atoms with Crippen molar-refractivity contribution in [3.63, 3.8) is 0 Å². The van der Waals surface area contributed by atoms with Gasteiger partial charge >= 0.3 is 0 Å². The van der Waals surface area contributed by atoms with Crippen LogP contribution >= 0.6 is 11.3 Å². The molecule has 3 heterocycles. The fourth-order valence-corrected chi connectivity index (χ4v) is 2.92. The minimum atomic E-state index is 0.822. The van der Waals surface area contributed by atoms with E-state index in [9.17, 15) is 0 Å². The highest BCUT2D eigenvalue weighted by Crippen LogP contribution is 2.23. The SMILES string of the molecule is c1cn(Cc2ccc3nc(-c4ccsc4)[nH]c3c2)cn1. The van der Waals surface area contributed by atoms with E-state index in [-0.39, 0.29) is 0 Å². The zero-order chi connectivity index (χ0) is 13.4. The molecule has 1 N–H and O–H groups in total. The average Bonchev–Trinajstić information content (AvgIpc) is 3.19. The van der Waals surface area contributed by atoms with E-state index >= 15 is 0 Å². The van der Waals surface area contributed by atoms with Gasteiger partial charge in [0.2, 0.25) is 0 Å². The molecule has 1 aromatic carbocycles. The number of nitrogens with one attached hydrogen (secondary N) is 1. The molecule has 0 saturated heterocycles. The molecule has 0 aliphatic carbocycles. The van der Waals surface area contributed by atoms with Crippen molar-refractivity contribution in [3.05, 3.63) is 59.3 Å². The summed E-state index contributed by atoms with van der Waals surface area (Å²) in [5.41, 5.74) is 4.45. The minimum Gasteiger partial charge on any atom is -0.338 e. The smallest absolute Gasteiger partial charge is 0.139 e. The van der Waals surface area contributed by atoms with Gasteiger partial charge in [-0.3, -0.25) is 0 Å². The van der Waals surface area contributed by atoms with Gasteiger partial charge in [0.25, 0.3) is 0 Å². The summed E-state index contributed by atoms with van der Waals surface area (Å²) in [4.78, 5) is 12.1. The first-order valence-electron chi connectivity index (χ1n) is 6.35. The molecule has 5 heteroatoms. The van der Waals surface area contributed by atoms with Crippen molar-refractivity contribution in [2.45, 2.75) is 6.54 Å². The molecule has 0 saturated carbocycles. The van der Waals surface area contributed by atoms with Crippen LogP contribution in [0, 0.1) is 0 Å². The summed E-state index contributed by atoms with van der Waals surface area (Å²) in [5, 5.41) is 4.16. The molecule has 4 nitrogen and oxygen atoms in total. The molecule has 0 amide bonds. The van der Waals surface area contributed by atoms with Crippen LogP contribution in [0.3, 0.4) is 0 Å². The van der Waals surface area contributed by atoms with Crippen LogP contribution in [-0.2, 0) is 6.54 Å². The second kappa shape index (κ2) is 4.61. The number of aromatic amines is 1. The molecule has 0 spiro atoms. The summed E-state index contributed by atoms with van der Waals surface area (Å²) in [6, 6.07) is 8.40. The first-order valence-corrected chi connectivity index (χ1v) is 7.30. The lowest BCUT2D eigenvalue weighted by Crippen LogP contribution is -1.95. The molecule has 98 valence electrons. The summed E-state index contributed by atoms with van der Waals surface area (Å²) in [6.07, 6.45) is 5.59. The normalized spacial score (nSPS) is 11.2. The van der Waals surface area contributed by atoms with Crippen molar-refractivity contribution in [1.82, 2.24) is 19.5 Å². The van der Waals surface area contributed by atoms with Crippen LogP contribution in [0.2, 0.25) is 0 Å². The Balaban J connectivity index is 1.72. The number of aromatic nitrogens is 4. The Bertz CT molecular complexity index is 828. The van der Waals surface area contributed by atoms with Crippen LogP contribution in [-0.4, -0.2) is 19.5 Å². The van der Waals surface area contributed by atoms with E-state index in [4.69, 9.17) is 0 Å². The van der Waals surface area contributed by atoms with Crippen molar-refractivity contribution in [2.75, 3.05) is 0 Å². The van der Waals surface area contributed by atoms with Crippen molar-refractivity contribution in [1.29, 1.82) is 0 Å². The average molecular weight is 280 g/mol. The van der Waals surface area contributed by atoms with Crippen molar-refractivity contribution in [2.24, 2.45) is 0 Å². The van der Waals surface area contributed by atoms with Crippen LogP contribution < -0.4 is 0 Å². The quantitative estimate of drug-likeness (QED) is 0.624. The van der Waals surface area contributed by atoms with E-state index in [2.05, 4.69) is 54.5 Å². The largest absolute Gasteiger partial charge is 0.338 e. The Morgan fingerprint density at radius 2 is 2.25 bits per heavy atom. The number of thiophene rings is 1. The van der Waals surface area contributed by atoms with Gasteiger partial charge in [0.15, 0.2) is 0 Å². The van der Waals surface area contributed by atoms with Crippen LogP contribution in [0.1, 0.15) is 5.56 Å². The molecule has 0 bridgehead atoms. The number of fused-ring (bicyclic) bond motifs is 1. The third kappa shape index (κ3) is 2.02. The number of rotatable bonds is 3. The Hall–Kier alpha value is -2.40. The van der Waals surface area contributed by atoms with Crippen LogP contribution in [0.15, 0.2) is 53.7 Å².